The standard InChI is InChI=1S/C25H25N3O3S2/c1-13-11-28(12-14(13)2)25(30)21-10-18-23(33-21)19(7-8-27-18)31-16-5-6-17-20(9-16)32-15(3)22(17)24(29)26-4/h5-10,13-14H,11-12H2,1-4H3,(H,26,29)/t13-,14+. The number of likely N-dealkylation sites (tertiary alicyclic amines) is 1. The van der Waals surface area contributed by atoms with Crippen LogP contribution in [0.5, 0.6) is 11.5 Å². The van der Waals surface area contributed by atoms with Crippen molar-refractivity contribution in [2.45, 2.75) is 20.8 Å². The van der Waals surface area contributed by atoms with Gasteiger partial charge in [0.2, 0.25) is 0 Å². The first-order chi connectivity index (χ1) is 15.9. The zero-order valence-electron chi connectivity index (χ0n) is 19.0. The molecule has 33 heavy (non-hydrogen) atoms. The number of pyridine rings is 1. The van der Waals surface area contributed by atoms with Crippen molar-refractivity contribution in [3.63, 3.8) is 0 Å². The highest BCUT2D eigenvalue weighted by Gasteiger charge is 2.31. The first kappa shape index (κ1) is 21.9. The largest absolute Gasteiger partial charge is 0.456 e. The number of ether oxygens (including phenoxy) is 1. The monoisotopic (exact) mass is 479 g/mol. The van der Waals surface area contributed by atoms with E-state index in [0.29, 0.717) is 33.8 Å². The van der Waals surface area contributed by atoms with E-state index < -0.39 is 0 Å². The molecule has 0 bridgehead atoms. The molecule has 170 valence electrons. The fourth-order valence-corrected chi connectivity index (χ4v) is 6.47. The van der Waals surface area contributed by atoms with Crippen LogP contribution < -0.4 is 10.1 Å². The predicted molar refractivity (Wildman–Crippen MR) is 134 cm³/mol. The van der Waals surface area contributed by atoms with Crippen LogP contribution >= 0.6 is 22.7 Å². The summed E-state index contributed by atoms with van der Waals surface area (Å²) in [4.78, 5) is 33.4. The summed E-state index contributed by atoms with van der Waals surface area (Å²) in [7, 11) is 1.64. The molecule has 0 radical (unpaired) electrons. The highest BCUT2D eigenvalue weighted by molar-refractivity contribution is 7.21. The highest BCUT2D eigenvalue weighted by Crippen LogP contribution is 2.38. The predicted octanol–water partition coefficient (Wildman–Crippen LogP) is 5.70. The minimum atomic E-state index is -0.0826. The zero-order valence-corrected chi connectivity index (χ0v) is 20.6. The molecule has 1 aliphatic heterocycles. The molecule has 2 atom stereocenters. The molecule has 0 spiro atoms. The van der Waals surface area contributed by atoms with Crippen LogP contribution in [0.15, 0.2) is 36.5 Å². The van der Waals surface area contributed by atoms with Gasteiger partial charge in [0.05, 0.1) is 20.7 Å². The van der Waals surface area contributed by atoms with E-state index in [2.05, 4.69) is 24.1 Å². The Bertz CT molecular complexity index is 1380. The topological polar surface area (TPSA) is 71.5 Å². The summed E-state index contributed by atoms with van der Waals surface area (Å²) < 4.78 is 8.09. The van der Waals surface area contributed by atoms with Crippen LogP contribution in [-0.4, -0.2) is 41.8 Å². The number of carbonyl (C=O) groups excluding carboxylic acids is 2. The number of hydrogen-bond acceptors (Lipinski definition) is 6. The Labute approximate surface area is 200 Å². The van der Waals surface area contributed by atoms with Crippen molar-refractivity contribution in [2.75, 3.05) is 20.1 Å². The maximum atomic E-state index is 13.1. The Morgan fingerprint density at radius 3 is 2.61 bits per heavy atom. The Balaban J connectivity index is 1.45. The molecule has 4 heterocycles. The van der Waals surface area contributed by atoms with E-state index in [1.807, 2.05) is 42.2 Å². The number of carbonyl (C=O) groups is 2. The van der Waals surface area contributed by atoms with Crippen LogP contribution in [-0.2, 0) is 0 Å². The maximum absolute atomic E-state index is 13.1. The van der Waals surface area contributed by atoms with Gasteiger partial charge in [-0.15, -0.1) is 22.7 Å². The van der Waals surface area contributed by atoms with Crippen molar-refractivity contribution in [3.8, 4) is 11.5 Å². The van der Waals surface area contributed by atoms with Gasteiger partial charge >= 0.3 is 0 Å². The SMILES string of the molecule is CNC(=O)c1c(C)sc2cc(Oc3ccnc4cc(C(=O)N5C[C@@H](C)[C@@H](C)C5)sc34)ccc12. The fraction of sp³-hybridized carbons (Fsp3) is 0.320. The summed E-state index contributed by atoms with van der Waals surface area (Å²) in [5.74, 6) is 2.37. The van der Waals surface area contributed by atoms with Crippen LogP contribution in [0.3, 0.4) is 0 Å². The highest BCUT2D eigenvalue weighted by atomic mass is 32.1. The van der Waals surface area contributed by atoms with Crippen LogP contribution in [0.1, 0.15) is 38.8 Å². The molecule has 6 nitrogen and oxygen atoms in total. The van der Waals surface area contributed by atoms with Crippen LogP contribution in [0.2, 0.25) is 0 Å². The number of aryl methyl sites for hydroxylation is 1. The molecule has 8 heteroatoms. The molecule has 1 N–H and O–H groups in total. The third-order valence-electron chi connectivity index (χ3n) is 6.38. The number of nitrogens with zero attached hydrogens (tertiary/aromatic N) is 2. The third kappa shape index (κ3) is 3.87. The number of amides is 2. The first-order valence-corrected chi connectivity index (χ1v) is 12.6. The minimum absolute atomic E-state index is 0.0670. The number of aromatic nitrogens is 1. The number of hydrogen-bond donors (Lipinski definition) is 1. The molecule has 1 fully saturated rings. The Morgan fingerprint density at radius 2 is 1.88 bits per heavy atom. The van der Waals surface area contributed by atoms with E-state index in [1.165, 1.54) is 11.3 Å². The van der Waals surface area contributed by atoms with Gasteiger partial charge in [-0.2, -0.15) is 0 Å². The van der Waals surface area contributed by atoms with Gasteiger partial charge in [0.25, 0.3) is 11.8 Å². The maximum Gasteiger partial charge on any atom is 0.264 e. The van der Waals surface area contributed by atoms with Gasteiger partial charge in [0.15, 0.2) is 0 Å². The number of thiophene rings is 2. The average molecular weight is 480 g/mol. The van der Waals surface area contributed by atoms with Crippen LogP contribution in [0.25, 0.3) is 20.3 Å². The van der Waals surface area contributed by atoms with Gasteiger partial charge in [0, 0.05) is 47.4 Å². The summed E-state index contributed by atoms with van der Waals surface area (Å²) in [6, 6.07) is 9.45. The molecule has 2 amide bonds. The second-order valence-electron chi connectivity index (χ2n) is 8.67. The van der Waals surface area contributed by atoms with Gasteiger partial charge in [-0.05, 0) is 43.0 Å². The van der Waals surface area contributed by atoms with Crippen molar-refractivity contribution < 1.29 is 14.3 Å². The average Bonchev–Trinajstić information content (AvgIpc) is 3.47. The number of benzene rings is 1. The van der Waals surface area contributed by atoms with Crippen molar-refractivity contribution in [2.24, 2.45) is 11.8 Å². The lowest BCUT2D eigenvalue weighted by Crippen LogP contribution is -2.28. The van der Waals surface area contributed by atoms with Crippen molar-refractivity contribution in [1.29, 1.82) is 0 Å². The van der Waals surface area contributed by atoms with Crippen molar-refractivity contribution in [3.05, 3.63) is 51.8 Å². The van der Waals surface area contributed by atoms with E-state index in [-0.39, 0.29) is 11.8 Å². The van der Waals surface area contributed by atoms with Gasteiger partial charge in [-0.1, -0.05) is 13.8 Å². The molecule has 0 saturated carbocycles. The first-order valence-electron chi connectivity index (χ1n) is 11.0. The summed E-state index contributed by atoms with van der Waals surface area (Å²) in [6.45, 7) is 7.93. The van der Waals surface area contributed by atoms with Crippen LogP contribution in [0, 0.1) is 18.8 Å². The van der Waals surface area contributed by atoms with E-state index in [0.717, 1.165) is 38.3 Å². The number of fused-ring (bicyclic) bond motifs is 2. The Morgan fingerprint density at radius 1 is 1.12 bits per heavy atom. The van der Waals surface area contributed by atoms with Crippen LogP contribution in [0.4, 0.5) is 0 Å². The van der Waals surface area contributed by atoms with Crippen molar-refractivity contribution >= 4 is 54.8 Å². The van der Waals surface area contributed by atoms with Gasteiger partial charge in [-0.3, -0.25) is 14.6 Å². The molecular formula is C25H25N3O3S2. The molecule has 5 rings (SSSR count). The summed E-state index contributed by atoms with van der Waals surface area (Å²) in [5, 5.41) is 3.63. The van der Waals surface area contributed by atoms with E-state index >= 15 is 0 Å². The second kappa shape index (κ2) is 8.43. The molecule has 4 aromatic rings. The minimum Gasteiger partial charge on any atom is -0.456 e. The summed E-state index contributed by atoms with van der Waals surface area (Å²) in [6.07, 6.45) is 1.70. The Kier molecular flexibility index (Phi) is 5.58. The smallest absolute Gasteiger partial charge is 0.264 e. The molecule has 0 aliphatic carbocycles. The summed E-state index contributed by atoms with van der Waals surface area (Å²) >= 11 is 3.00. The van der Waals surface area contributed by atoms with Gasteiger partial charge in [0.1, 0.15) is 11.5 Å². The summed E-state index contributed by atoms with van der Waals surface area (Å²) in [5.41, 5.74) is 1.47. The zero-order chi connectivity index (χ0) is 23.3. The molecule has 1 saturated heterocycles. The fourth-order valence-electron chi connectivity index (χ4n) is 4.35. The quantitative estimate of drug-likeness (QED) is 0.408. The molecule has 1 aliphatic rings. The van der Waals surface area contributed by atoms with Crippen molar-refractivity contribution in [1.82, 2.24) is 15.2 Å². The van der Waals surface area contributed by atoms with Gasteiger partial charge in [-0.25, -0.2) is 0 Å². The lowest BCUT2D eigenvalue weighted by Gasteiger charge is -2.14. The third-order valence-corrected chi connectivity index (χ3v) is 8.58. The molecule has 1 aromatic carbocycles. The molecule has 3 aromatic heterocycles. The van der Waals surface area contributed by atoms with E-state index in [4.69, 9.17) is 4.74 Å². The number of rotatable bonds is 4. The lowest BCUT2D eigenvalue weighted by molar-refractivity contribution is 0.0789. The van der Waals surface area contributed by atoms with E-state index in [1.54, 1.807) is 24.6 Å². The second-order valence-corrected chi connectivity index (χ2v) is 11.0. The van der Waals surface area contributed by atoms with Gasteiger partial charge < -0.3 is 15.0 Å². The molecular weight excluding hydrogens is 454 g/mol. The number of nitrogens with one attached hydrogen (secondary N) is 1. The Hall–Kier alpha value is -2.97. The van der Waals surface area contributed by atoms with E-state index in [9.17, 15) is 9.59 Å². The lowest BCUT2D eigenvalue weighted by atomic mass is 10.0. The normalized spacial score (nSPS) is 18.2. The molecule has 0 unspecified atom stereocenters.